The van der Waals surface area contributed by atoms with E-state index in [4.69, 9.17) is 21.1 Å². The Bertz CT molecular complexity index is 1090. The number of fused-ring (bicyclic) bond motifs is 2. The molecular weight excluding hydrogens is 470 g/mol. The first kappa shape index (κ1) is 24.9. The van der Waals surface area contributed by atoms with Gasteiger partial charge in [-0.25, -0.2) is 0 Å². The lowest BCUT2D eigenvalue weighted by atomic mass is 9.98. The molecule has 9 heteroatoms. The van der Waals surface area contributed by atoms with Crippen LogP contribution in [0.3, 0.4) is 0 Å². The van der Waals surface area contributed by atoms with Crippen LogP contribution in [-0.4, -0.2) is 60.3 Å². The van der Waals surface area contributed by atoms with Crippen LogP contribution < -0.4 is 14.8 Å². The van der Waals surface area contributed by atoms with Crippen LogP contribution in [0.4, 0.5) is 5.69 Å². The number of nitrogens with zero attached hydrogens (tertiary/aromatic N) is 2. The summed E-state index contributed by atoms with van der Waals surface area (Å²) in [6.45, 7) is 3.24. The minimum atomic E-state index is -0.343. The summed E-state index contributed by atoms with van der Waals surface area (Å²) in [5.41, 5.74) is 0.406. The van der Waals surface area contributed by atoms with Crippen LogP contribution in [0, 0.1) is 5.92 Å². The van der Waals surface area contributed by atoms with Crippen LogP contribution in [0.1, 0.15) is 32.6 Å². The van der Waals surface area contributed by atoms with Gasteiger partial charge in [-0.05, 0) is 43.2 Å². The third-order valence-electron chi connectivity index (χ3n) is 6.19. The monoisotopic (exact) mass is 499 g/mol. The van der Waals surface area contributed by atoms with Crippen molar-refractivity contribution < 1.29 is 23.9 Å². The molecular formula is C26H30ClN3O5. The highest BCUT2D eigenvalue weighted by atomic mass is 35.5. The molecule has 2 heterocycles. The SMILES string of the molecule is CC(=O)N1CC(C(=O)N2CCCCCCOc3ccccc3Oc3ccc(Cl)cc3NC(=O)C2)C1. The lowest BCUT2D eigenvalue weighted by Gasteiger charge is -2.40. The minimum Gasteiger partial charge on any atom is -0.490 e. The molecule has 1 N–H and O–H groups in total. The van der Waals surface area contributed by atoms with Crippen molar-refractivity contribution in [2.45, 2.75) is 32.6 Å². The van der Waals surface area contributed by atoms with Crippen LogP contribution in [-0.2, 0) is 14.4 Å². The highest BCUT2D eigenvalue weighted by Crippen LogP contribution is 2.36. The molecule has 0 aliphatic carbocycles. The average Bonchev–Trinajstić information content (AvgIpc) is 2.78. The van der Waals surface area contributed by atoms with E-state index in [9.17, 15) is 14.4 Å². The highest BCUT2D eigenvalue weighted by Gasteiger charge is 2.37. The van der Waals surface area contributed by atoms with Gasteiger partial charge in [0.25, 0.3) is 0 Å². The predicted molar refractivity (Wildman–Crippen MR) is 133 cm³/mol. The number of carbonyl (C=O) groups excluding carboxylic acids is 3. The molecule has 2 aliphatic rings. The van der Waals surface area contributed by atoms with Gasteiger partial charge in [-0.1, -0.05) is 36.6 Å². The lowest BCUT2D eigenvalue weighted by Crippen LogP contribution is -2.56. The molecule has 8 nitrogen and oxygen atoms in total. The number of carbonyl (C=O) groups is 3. The summed E-state index contributed by atoms with van der Waals surface area (Å²) in [5, 5.41) is 3.30. The van der Waals surface area contributed by atoms with E-state index in [1.165, 1.54) is 6.92 Å². The summed E-state index contributed by atoms with van der Waals surface area (Å²) in [4.78, 5) is 40.9. The molecule has 1 saturated heterocycles. The number of hydrogen-bond acceptors (Lipinski definition) is 5. The van der Waals surface area contributed by atoms with E-state index in [1.54, 1.807) is 28.0 Å². The molecule has 0 spiro atoms. The number of amides is 3. The smallest absolute Gasteiger partial charge is 0.244 e. The molecule has 0 bridgehead atoms. The van der Waals surface area contributed by atoms with E-state index in [1.807, 2.05) is 24.3 Å². The van der Waals surface area contributed by atoms with Crippen molar-refractivity contribution in [2.24, 2.45) is 5.92 Å². The number of halogens is 1. The van der Waals surface area contributed by atoms with Gasteiger partial charge in [0.05, 0.1) is 24.8 Å². The summed E-state index contributed by atoms with van der Waals surface area (Å²) in [6.07, 6.45) is 3.51. The number of hydrogen-bond donors (Lipinski definition) is 1. The molecule has 1 fully saturated rings. The first-order chi connectivity index (χ1) is 16.9. The van der Waals surface area contributed by atoms with Gasteiger partial charge in [0.1, 0.15) is 0 Å². The fourth-order valence-corrected chi connectivity index (χ4v) is 4.35. The van der Waals surface area contributed by atoms with Gasteiger partial charge >= 0.3 is 0 Å². The van der Waals surface area contributed by atoms with Crippen molar-refractivity contribution in [2.75, 3.05) is 38.1 Å². The fourth-order valence-electron chi connectivity index (χ4n) is 4.18. The summed E-state index contributed by atoms with van der Waals surface area (Å²) >= 11 is 6.20. The van der Waals surface area contributed by atoms with Gasteiger partial charge in [0.15, 0.2) is 17.2 Å². The minimum absolute atomic E-state index is 0.0444. The second-order valence-corrected chi connectivity index (χ2v) is 9.32. The summed E-state index contributed by atoms with van der Waals surface area (Å²) in [5.74, 6) is 0.825. The third kappa shape index (κ3) is 6.45. The Hall–Kier alpha value is -3.26. The Balaban J connectivity index is 1.54. The van der Waals surface area contributed by atoms with E-state index in [2.05, 4.69) is 5.32 Å². The molecule has 2 aromatic rings. The van der Waals surface area contributed by atoms with Gasteiger partial charge in [-0.2, -0.15) is 0 Å². The quantitative estimate of drug-likeness (QED) is 0.631. The fraction of sp³-hybridized carbons (Fsp3) is 0.423. The molecule has 186 valence electrons. The Morgan fingerprint density at radius 2 is 1.71 bits per heavy atom. The maximum absolute atomic E-state index is 13.1. The molecule has 0 saturated carbocycles. The summed E-state index contributed by atoms with van der Waals surface area (Å²) in [6, 6.07) is 12.4. The van der Waals surface area contributed by atoms with Crippen molar-refractivity contribution in [3.8, 4) is 17.2 Å². The Morgan fingerprint density at radius 1 is 0.971 bits per heavy atom. The van der Waals surface area contributed by atoms with E-state index >= 15 is 0 Å². The molecule has 2 aromatic carbocycles. The zero-order chi connectivity index (χ0) is 24.8. The van der Waals surface area contributed by atoms with Gasteiger partial charge in [0, 0.05) is 31.6 Å². The predicted octanol–water partition coefficient (Wildman–Crippen LogP) is 4.33. The summed E-state index contributed by atoms with van der Waals surface area (Å²) in [7, 11) is 0. The average molecular weight is 500 g/mol. The molecule has 2 aliphatic heterocycles. The van der Waals surface area contributed by atoms with Crippen LogP contribution in [0.25, 0.3) is 0 Å². The standard InChI is InChI=1S/C26H30ClN3O5/c1-18(31)30-15-19(16-30)26(33)29-12-6-2-3-7-13-34-23-8-4-5-9-24(23)35-22-11-10-20(27)14-21(22)28-25(32)17-29/h4-5,8-11,14,19H,2-3,6-7,12-13,15-17H2,1H3,(H,28,32). The Labute approximate surface area is 210 Å². The first-order valence-corrected chi connectivity index (χ1v) is 12.3. The zero-order valence-electron chi connectivity index (χ0n) is 19.8. The van der Waals surface area contributed by atoms with Gasteiger partial charge in [-0.3, -0.25) is 14.4 Å². The molecule has 0 aromatic heterocycles. The van der Waals surface area contributed by atoms with Crippen molar-refractivity contribution in [3.63, 3.8) is 0 Å². The number of likely N-dealkylation sites (tertiary alicyclic amines) is 1. The normalized spacial score (nSPS) is 17.7. The lowest BCUT2D eigenvalue weighted by molar-refractivity contribution is -0.148. The van der Waals surface area contributed by atoms with E-state index < -0.39 is 0 Å². The molecule has 0 unspecified atom stereocenters. The first-order valence-electron chi connectivity index (χ1n) is 11.9. The maximum Gasteiger partial charge on any atom is 0.244 e. The number of anilines is 1. The third-order valence-corrected chi connectivity index (χ3v) is 6.42. The van der Waals surface area contributed by atoms with Crippen LogP contribution in [0.15, 0.2) is 42.5 Å². The largest absolute Gasteiger partial charge is 0.490 e. The van der Waals surface area contributed by atoms with Gasteiger partial charge in [0.2, 0.25) is 17.7 Å². The van der Waals surface area contributed by atoms with Crippen molar-refractivity contribution in [3.05, 3.63) is 47.5 Å². The van der Waals surface area contributed by atoms with Crippen LogP contribution >= 0.6 is 11.6 Å². The molecule has 0 radical (unpaired) electrons. The molecule has 4 rings (SSSR count). The molecule has 35 heavy (non-hydrogen) atoms. The number of nitrogens with one attached hydrogen (secondary N) is 1. The van der Waals surface area contributed by atoms with Crippen LogP contribution in [0.2, 0.25) is 5.02 Å². The maximum atomic E-state index is 13.1. The van der Waals surface area contributed by atoms with E-state index in [0.29, 0.717) is 54.2 Å². The van der Waals surface area contributed by atoms with Crippen molar-refractivity contribution in [1.82, 2.24) is 9.80 Å². The highest BCUT2D eigenvalue weighted by molar-refractivity contribution is 6.31. The van der Waals surface area contributed by atoms with Gasteiger partial charge in [-0.15, -0.1) is 0 Å². The number of ether oxygens (including phenoxy) is 2. The Morgan fingerprint density at radius 3 is 2.49 bits per heavy atom. The second-order valence-electron chi connectivity index (χ2n) is 8.88. The number of benzene rings is 2. The van der Waals surface area contributed by atoms with Crippen molar-refractivity contribution in [1.29, 1.82) is 0 Å². The van der Waals surface area contributed by atoms with Gasteiger partial charge < -0.3 is 24.6 Å². The topological polar surface area (TPSA) is 88.2 Å². The Kier molecular flexibility index (Phi) is 8.13. The summed E-state index contributed by atoms with van der Waals surface area (Å²) < 4.78 is 12.1. The van der Waals surface area contributed by atoms with Crippen LogP contribution in [0.5, 0.6) is 17.2 Å². The zero-order valence-corrected chi connectivity index (χ0v) is 20.6. The number of para-hydroxylation sites is 2. The number of rotatable bonds is 1. The second kappa shape index (κ2) is 11.4. The van der Waals surface area contributed by atoms with E-state index in [-0.39, 0.29) is 30.2 Å². The molecule has 0 atom stereocenters. The van der Waals surface area contributed by atoms with E-state index in [0.717, 1.165) is 25.7 Å². The van der Waals surface area contributed by atoms with Crippen molar-refractivity contribution >= 4 is 35.0 Å². The molecule has 3 amide bonds.